The number of nitrogens with zero attached hydrogens (tertiary/aromatic N) is 2. The molecule has 90 valence electrons. The van der Waals surface area contributed by atoms with Crippen molar-refractivity contribution in [1.29, 1.82) is 0 Å². The average molecular weight is 295 g/mol. The summed E-state index contributed by atoms with van der Waals surface area (Å²) in [5.74, 6) is 0.887. The van der Waals surface area contributed by atoms with Gasteiger partial charge in [0.15, 0.2) is 0 Å². The number of hydrogen-bond acceptors (Lipinski definition) is 2. The molecular weight excluding hydrogens is 280 g/mol. The van der Waals surface area contributed by atoms with Gasteiger partial charge in [-0.3, -0.25) is 4.68 Å². The van der Waals surface area contributed by atoms with Crippen molar-refractivity contribution in [2.24, 2.45) is 7.05 Å². The van der Waals surface area contributed by atoms with Crippen molar-refractivity contribution >= 4 is 15.9 Å². The lowest BCUT2D eigenvalue weighted by atomic mass is 10.2. The SMILES string of the molecule is Cc1ccc(OCCc2ccnn2C)c(Br)c1. The third-order valence-corrected chi connectivity index (χ3v) is 3.25. The van der Waals surface area contributed by atoms with Gasteiger partial charge in [-0.05, 0) is 46.6 Å². The highest BCUT2D eigenvalue weighted by Gasteiger charge is 2.02. The molecule has 2 rings (SSSR count). The largest absolute Gasteiger partial charge is 0.492 e. The Bertz CT molecular complexity index is 508. The van der Waals surface area contributed by atoms with E-state index in [1.807, 2.05) is 29.9 Å². The van der Waals surface area contributed by atoms with E-state index in [0.29, 0.717) is 6.61 Å². The Kier molecular flexibility index (Phi) is 3.84. The van der Waals surface area contributed by atoms with Gasteiger partial charge in [0, 0.05) is 25.4 Å². The van der Waals surface area contributed by atoms with E-state index >= 15 is 0 Å². The molecule has 0 saturated carbocycles. The highest BCUT2D eigenvalue weighted by molar-refractivity contribution is 9.10. The molecule has 1 aromatic carbocycles. The summed E-state index contributed by atoms with van der Waals surface area (Å²) in [5, 5.41) is 4.12. The van der Waals surface area contributed by atoms with Crippen molar-refractivity contribution in [3.8, 4) is 5.75 Å². The molecule has 17 heavy (non-hydrogen) atoms. The molecular formula is C13H15BrN2O. The van der Waals surface area contributed by atoms with Crippen LogP contribution < -0.4 is 4.74 Å². The van der Waals surface area contributed by atoms with Crippen molar-refractivity contribution in [3.05, 3.63) is 46.2 Å². The monoisotopic (exact) mass is 294 g/mol. The van der Waals surface area contributed by atoms with Gasteiger partial charge in [-0.25, -0.2) is 0 Å². The zero-order valence-corrected chi connectivity index (χ0v) is 11.6. The van der Waals surface area contributed by atoms with Crippen molar-refractivity contribution in [2.75, 3.05) is 6.61 Å². The first-order valence-electron chi connectivity index (χ1n) is 5.52. The number of aryl methyl sites for hydroxylation is 2. The number of halogens is 1. The Balaban J connectivity index is 1.92. The van der Waals surface area contributed by atoms with Crippen LogP contribution in [0.3, 0.4) is 0 Å². The van der Waals surface area contributed by atoms with Crippen LogP contribution in [0.5, 0.6) is 5.75 Å². The van der Waals surface area contributed by atoms with Gasteiger partial charge >= 0.3 is 0 Å². The third-order valence-electron chi connectivity index (χ3n) is 2.63. The van der Waals surface area contributed by atoms with Gasteiger partial charge in [0.05, 0.1) is 11.1 Å². The zero-order valence-electron chi connectivity index (χ0n) is 9.98. The lowest BCUT2D eigenvalue weighted by molar-refractivity contribution is 0.316. The van der Waals surface area contributed by atoms with E-state index in [2.05, 4.69) is 34.0 Å². The first kappa shape index (κ1) is 12.2. The summed E-state index contributed by atoms with van der Waals surface area (Å²) in [5.41, 5.74) is 2.39. The van der Waals surface area contributed by atoms with E-state index in [0.717, 1.165) is 16.6 Å². The van der Waals surface area contributed by atoms with E-state index in [9.17, 15) is 0 Å². The second kappa shape index (κ2) is 5.36. The van der Waals surface area contributed by atoms with Crippen LogP contribution in [0, 0.1) is 6.92 Å². The smallest absolute Gasteiger partial charge is 0.133 e. The van der Waals surface area contributed by atoms with Crippen molar-refractivity contribution in [3.63, 3.8) is 0 Å². The van der Waals surface area contributed by atoms with Crippen LogP contribution in [0.25, 0.3) is 0 Å². The van der Waals surface area contributed by atoms with E-state index in [1.165, 1.54) is 11.3 Å². The summed E-state index contributed by atoms with van der Waals surface area (Å²) in [4.78, 5) is 0. The Labute approximate surface area is 110 Å². The maximum absolute atomic E-state index is 5.73. The number of aromatic nitrogens is 2. The molecule has 2 aromatic rings. The van der Waals surface area contributed by atoms with Gasteiger partial charge in [0.1, 0.15) is 5.75 Å². The molecule has 1 heterocycles. The van der Waals surface area contributed by atoms with Crippen LogP contribution in [0.2, 0.25) is 0 Å². The molecule has 0 atom stereocenters. The average Bonchev–Trinajstić information content (AvgIpc) is 2.68. The number of benzene rings is 1. The van der Waals surface area contributed by atoms with Gasteiger partial charge in [0.25, 0.3) is 0 Å². The molecule has 0 N–H and O–H groups in total. The highest BCUT2D eigenvalue weighted by atomic mass is 79.9. The molecule has 0 unspecified atom stereocenters. The normalized spacial score (nSPS) is 10.5. The summed E-state index contributed by atoms with van der Waals surface area (Å²) in [6.45, 7) is 2.71. The van der Waals surface area contributed by atoms with Gasteiger partial charge in [0.2, 0.25) is 0 Å². The van der Waals surface area contributed by atoms with Gasteiger partial charge < -0.3 is 4.74 Å². The van der Waals surface area contributed by atoms with Gasteiger partial charge in [-0.1, -0.05) is 6.07 Å². The maximum Gasteiger partial charge on any atom is 0.133 e. The summed E-state index contributed by atoms with van der Waals surface area (Å²) in [6.07, 6.45) is 2.66. The molecule has 0 radical (unpaired) electrons. The Morgan fingerprint density at radius 1 is 1.35 bits per heavy atom. The van der Waals surface area contributed by atoms with Gasteiger partial charge in [-0.15, -0.1) is 0 Å². The fourth-order valence-electron chi connectivity index (χ4n) is 1.64. The molecule has 3 nitrogen and oxygen atoms in total. The molecule has 0 fully saturated rings. The quantitative estimate of drug-likeness (QED) is 0.866. The Hall–Kier alpha value is -1.29. The Morgan fingerprint density at radius 2 is 2.18 bits per heavy atom. The fourth-order valence-corrected chi connectivity index (χ4v) is 2.24. The van der Waals surface area contributed by atoms with E-state index in [1.54, 1.807) is 6.20 Å². The van der Waals surface area contributed by atoms with Crippen LogP contribution in [0.1, 0.15) is 11.3 Å². The summed E-state index contributed by atoms with van der Waals surface area (Å²) >= 11 is 3.50. The number of rotatable bonds is 4. The number of hydrogen-bond donors (Lipinski definition) is 0. The summed E-state index contributed by atoms with van der Waals surface area (Å²) in [6, 6.07) is 8.10. The molecule has 0 aliphatic carbocycles. The molecule has 0 saturated heterocycles. The maximum atomic E-state index is 5.73. The van der Waals surface area contributed by atoms with Crippen LogP contribution >= 0.6 is 15.9 Å². The molecule has 0 aliphatic rings. The second-order valence-corrected chi connectivity index (χ2v) is 4.83. The summed E-state index contributed by atoms with van der Waals surface area (Å²) in [7, 11) is 1.94. The molecule has 0 aliphatic heterocycles. The number of ether oxygens (including phenoxy) is 1. The zero-order chi connectivity index (χ0) is 12.3. The van der Waals surface area contributed by atoms with Gasteiger partial charge in [-0.2, -0.15) is 5.10 Å². The van der Waals surface area contributed by atoms with E-state index in [-0.39, 0.29) is 0 Å². The topological polar surface area (TPSA) is 27.1 Å². The standard InChI is InChI=1S/C13H15BrN2O/c1-10-3-4-13(12(14)9-10)17-8-6-11-5-7-15-16(11)2/h3-5,7,9H,6,8H2,1-2H3. The minimum absolute atomic E-state index is 0.654. The molecule has 4 heteroatoms. The predicted octanol–water partition coefficient (Wildman–Crippen LogP) is 3.11. The lowest BCUT2D eigenvalue weighted by Crippen LogP contribution is -2.06. The third kappa shape index (κ3) is 3.09. The highest BCUT2D eigenvalue weighted by Crippen LogP contribution is 2.25. The molecule has 0 spiro atoms. The first-order valence-corrected chi connectivity index (χ1v) is 6.32. The van der Waals surface area contributed by atoms with Crippen molar-refractivity contribution < 1.29 is 4.74 Å². The fraction of sp³-hybridized carbons (Fsp3) is 0.308. The van der Waals surface area contributed by atoms with Crippen LogP contribution in [0.4, 0.5) is 0 Å². The van der Waals surface area contributed by atoms with Crippen molar-refractivity contribution in [1.82, 2.24) is 9.78 Å². The predicted molar refractivity (Wildman–Crippen MR) is 71.3 cm³/mol. The minimum atomic E-state index is 0.654. The van der Waals surface area contributed by atoms with Crippen LogP contribution in [-0.4, -0.2) is 16.4 Å². The minimum Gasteiger partial charge on any atom is -0.492 e. The van der Waals surface area contributed by atoms with Crippen LogP contribution in [-0.2, 0) is 13.5 Å². The first-order chi connectivity index (χ1) is 8.16. The lowest BCUT2D eigenvalue weighted by Gasteiger charge is -2.08. The summed E-state index contributed by atoms with van der Waals surface area (Å²) < 4.78 is 8.60. The van der Waals surface area contributed by atoms with E-state index in [4.69, 9.17) is 4.74 Å². The Morgan fingerprint density at radius 3 is 2.82 bits per heavy atom. The molecule has 1 aromatic heterocycles. The molecule has 0 amide bonds. The van der Waals surface area contributed by atoms with Crippen molar-refractivity contribution in [2.45, 2.75) is 13.3 Å². The second-order valence-electron chi connectivity index (χ2n) is 3.98. The van der Waals surface area contributed by atoms with Crippen LogP contribution in [0.15, 0.2) is 34.9 Å². The molecule has 0 bridgehead atoms. The van der Waals surface area contributed by atoms with E-state index < -0.39 is 0 Å².